The van der Waals surface area contributed by atoms with E-state index in [1.54, 1.807) is 18.5 Å². The topological polar surface area (TPSA) is 79.3 Å². The molecule has 5 nitrogen and oxygen atoms in total. The second-order valence-corrected chi connectivity index (χ2v) is 3.66. The number of thiazole rings is 1. The number of hydrogen-bond donors (Lipinski definition) is 2. The molecule has 6 heteroatoms. The lowest BCUT2D eigenvalue weighted by Crippen LogP contribution is -2.28. The summed E-state index contributed by atoms with van der Waals surface area (Å²) in [4.78, 5) is 25.3. The first-order valence-corrected chi connectivity index (χ1v) is 4.88. The normalized spacial score (nSPS) is 12.1. The molecule has 1 unspecified atom stereocenters. The Hall–Kier alpha value is -1.43. The standard InChI is InChI=1S/C8H10N2O3S/c1-5(8-9-2-3-14-8)10-6(11)4-7(12)13/h2-3,5H,4H2,1H3,(H,10,11)(H,12,13). The Morgan fingerprint density at radius 2 is 2.43 bits per heavy atom. The molecule has 14 heavy (non-hydrogen) atoms. The van der Waals surface area contributed by atoms with Crippen molar-refractivity contribution >= 4 is 23.2 Å². The lowest BCUT2D eigenvalue weighted by Gasteiger charge is -2.09. The van der Waals surface area contributed by atoms with E-state index in [-0.39, 0.29) is 6.04 Å². The van der Waals surface area contributed by atoms with Crippen LogP contribution < -0.4 is 5.32 Å². The van der Waals surface area contributed by atoms with Gasteiger partial charge in [0.1, 0.15) is 11.4 Å². The van der Waals surface area contributed by atoms with Crippen LogP contribution in [0.15, 0.2) is 11.6 Å². The summed E-state index contributed by atoms with van der Waals surface area (Å²) in [7, 11) is 0. The Morgan fingerprint density at radius 3 is 2.93 bits per heavy atom. The molecule has 0 aliphatic heterocycles. The van der Waals surface area contributed by atoms with Crippen molar-refractivity contribution in [3.8, 4) is 0 Å². The highest BCUT2D eigenvalue weighted by molar-refractivity contribution is 7.09. The summed E-state index contributed by atoms with van der Waals surface area (Å²) in [6.45, 7) is 1.76. The smallest absolute Gasteiger partial charge is 0.312 e. The lowest BCUT2D eigenvalue weighted by molar-refractivity contribution is -0.140. The fraction of sp³-hybridized carbons (Fsp3) is 0.375. The highest BCUT2D eigenvalue weighted by atomic mass is 32.1. The third kappa shape index (κ3) is 3.14. The summed E-state index contributed by atoms with van der Waals surface area (Å²) >= 11 is 1.42. The first kappa shape index (κ1) is 10.6. The molecule has 0 fully saturated rings. The van der Waals surface area contributed by atoms with Crippen LogP contribution in [0.4, 0.5) is 0 Å². The van der Waals surface area contributed by atoms with Crippen LogP contribution in [0.25, 0.3) is 0 Å². The average molecular weight is 214 g/mol. The van der Waals surface area contributed by atoms with Gasteiger partial charge in [-0.1, -0.05) is 0 Å². The monoisotopic (exact) mass is 214 g/mol. The Morgan fingerprint density at radius 1 is 1.71 bits per heavy atom. The molecule has 0 radical (unpaired) electrons. The van der Waals surface area contributed by atoms with E-state index < -0.39 is 18.3 Å². The van der Waals surface area contributed by atoms with Gasteiger partial charge in [0.25, 0.3) is 0 Å². The van der Waals surface area contributed by atoms with Gasteiger partial charge >= 0.3 is 5.97 Å². The number of carbonyl (C=O) groups excluding carboxylic acids is 1. The third-order valence-electron chi connectivity index (χ3n) is 1.51. The fourth-order valence-electron chi connectivity index (χ4n) is 0.940. The fourth-order valence-corrected chi connectivity index (χ4v) is 1.59. The van der Waals surface area contributed by atoms with Crippen molar-refractivity contribution in [2.75, 3.05) is 0 Å². The van der Waals surface area contributed by atoms with Gasteiger partial charge in [-0.25, -0.2) is 4.98 Å². The van der Waals surface area contributed by atoms with Gasteiger partial charge in [-0.3, -0.25) is 9.59 Å². The van der Waals surface area contributed by atoms with E-state index in [1.807, 2.05) is 0 Å². The van der Waals surface area contributed by atoms with E-state index in [0.29, 0.717) is 0 Å². The zero-order valence-electron chi connectivity index (χ0n) is 7.56. The molecule has 1 heterocycles. The first-order valence-electron chi connectivity index (χ1n) is 4.00. The summed E-state index contributed by atoms with van der Waals surface area (Å²) in [5.74, 6) is -1.63. The van der Waals surface area contributed by atoms with Gasteiger partial charge in [0.2, 0.25) is 5.91 Å². The predicted molar refractivity (Wildman–Crippen MR) is 50.9 cm³/mol. The molecule has 1 amide bonds. The van der Waals surface area contributed by atoms with Crippen LogP contribution in [-0.4, -0.2) is 22.0 Å². The van der Waals surface area contributed by atoms with Gasteiger partial charge in [0.05, 0.1) is 6.04 Å². The zero-order valence-corrected chi connectivity index (χ0v) is 8.37. The van der Waals surface area contributed by atoms with Crippen molar-refractivity contribution in [2.24, 2.45) is 0 Å². The van der Waals surface area contributed by atoms with Crippen LogP contribution in [-0.2, 0) is 9.59 Å². The molecule has 1 aromatic rings. The molecule has 2 N–H and O–H groups in total. The molecule has 0 bridgehead atoms. The van der Waals surface area contributed by atoms with E-state index in [2.05, 4.69) is 10.3 Å². The van der Waals surface area contributed by atoms with Crippen molar-refractivity contribution in [1.82, 2.24) is 10.3 Å². The largest absolute Gasteiger partial charge is 0.481 e. The van der Waals surface area contributed by atoms with Gasteiger partial charge in [-0.15, -0.1) is 11.3 Å². The highest BCUT2D eigenvalue weighted by Gasteiger charge is 2.13. The number of aliphatic carboxylic acids is 1. The summed E-state index contributed by atoms with van der Waals surface area (Å²) in [5, 5.41) is 13.5. The van der Waals surface area contributed by atoms with Crippen LogP contribution in [0.1, 0.15) is 24.4 Å². The minimum atomic E-state index is -1.13. The molecule has 0 saturated heterocycles. The molecule has 0 aromatic carbocycles. The number of carbonyl (C=O) groups is 2. The van der Waals surface area contributed by atoms with Crippen molar-refractivity contribution in [3.63, 3.8) is 0 Å². The molecule has 1 aromatic heterocycles. The minimum absolute atomic E-state index is 0.234. The summed E-state index contributed by atoms with van der Waals surface area (Å²) in [5.41, 5.74) is 0. The van der Waals surface area contributed by atoms with E-state index >= 15 is 0 Å². The number of aromatic nitrogens is 1. The summed E-state index contributed by atoms with van der Waals surface area (Å²) in [6, 6.07) is -0.234. The average Bonchev–Trinajstić information content (AvgIpc) is 2.53. The van der Waals surface area contributed by atoms with Gasteiger partial charge in [-0.05, 0) is 6.92 Å². The van der Waals surface area contributed by atoms with Gasteiger partial charge in [0, 0.05) is 11.6 Å². The Kier molecular flexibility index (Phi) is 3.58. The maximum atomic E-state index is 11.0. The molecule has 0 aliphatic carbocycles. The van der Waals surface area contributed by atoms with Crippen LogP contribution >= 0.6 is 11.3 Å². The van der Waals surface area contributed by atoms with Crippen molar-refractivity contribution < 1.29 is 14.7 Å². The van der Waals surface area contributed by atoms with E-state index in [9.17, 15) is 9.59 Å². The molecule has 0 spiro atoms. The maximum Gasteiger partial charge on any atom is 0.312 e. The first-order chi connectivity index (χ1) is 6.59. The maximum absolute atomic E-state index is 11.0. The van der Waals surface area contributed by atoms with Gasteiger partial charge in [0.15, 0.2) is 0 Å². The van der Waals surface area contributed by atoms with Crippen molar-refractivity contribution in [1.29, 1.82) is 0 Å². The SMILES string of the molecule is CC(NC(=O)CC(=O)O)c1nccs1. The van der Waals surface area contributed by atoms with Crippen molar-refractivity contribution in [3.05, 3.63) is 16.6 Å². The molecule has 0 saturated carbocycles. The van der Waals surface area contributed by atoms with Crippen molar-refractivity contribution in [2.45, 2.75) is 19.4 Å². The number of carboxylic acid groups (broad SMARTS) is 1. The Bertz CT molecular complexity index is 323. The second-order valence-electron chi connectivity index (χ2n) is 2.73. The van der Waals surface area contributed by atoms with Crippen LogP contribution in [0.2, 0.25) is 0 Å². The Labute approximate surface area is 84.8 Å². The molecular weight excluding hydrogens is 204 g/mol. The molecule has 1 rings (SSSR count). The summed E-state index contributed by atoms with van der Waals surface area (Å²) < 4.78 is 0. The van der Waals surface area contributed by atoms with Gasteiger partial charge < -0.3 is 10.4 Å². The number of amides is 1. The van der Waals surface area contributed by atoms with Crippen LogP contribution in [0.5, 0.6) is 0 Å². The Balaban J connectivity index is 2.45. The number of rotatable bonds is 4. The zero-order chi connectivity index (χ0) is 10.6. The van der Waals surface area contributed by atoms with Gasteiger partial charge in [-0.2, -0.15) is 0 Å². The summed E-state index contributed by atoms with van der Waals surface area (Å²) in [6.07, 6.45) is 1.13. The van der Waals surface area contributed by atoms with E-state index in [1.165, 1.54) is 11.3 Å². The second kappa shape index (κ2) is 4.71. The highest BCUT2D eigenvalue weighted by Crippen LogP contribution is 2.14. The quantitative estimate of drug-likeness (QED) is 0.726. The number of nitrogens with zero attached hydrogens (tertiary/aromatic N) is 1. The molecule has 76 valence electrons. The lowest BCUT2D eigenvalue weighted by atomic mass is 10.3. The molecule has 1 atom stereocenters. The van der Waals surface area contributed by atoms with Crippen LogP contribution in [0, 0.1) is 0 Å². The number of hydrogen-bond acceptors (Lipinski definition) is 4. The predicted octanol–water partition coefficient (Wildman–Crippen LogP) is 0.795. The minimum Gasteiger partial charge on any atom is -0.481 e. The number of nitrogens with one attached hydrogen (secondary N) is 1. The van der Waals surface area contributed by atoms with Crippen LogP contribution in [0.3, 0.4) is 0 Å². The molecule has 0 aliphatic rings. The number of carboxylic acids is 1. The third-order valence-corrected chi connectivity index (χ3v) is 2.47. The van der Waals surface area contributed by atoms with E-state index in [0.717, 1.165) is 5.01 Å². The van der Waals surface area contributed by atoms with E-state index in [4.69, 9.17) is 5.11 Å². The molecular formula is C8H10N2O3S.